The van der Waals surface area contributed by atoms with Crippen LogP contribution in [-0.2, 0) is 14.1 Å². The van der Waals surface area contributed by atoms with Gasteiger partial charge in [-0.2, -0.15) is 0 Å². The van der Waals surface area contributed by atoms with E-state index < -0.39 is 8.32 Å². The number of nitrogens with zero attached hydrogens (tertiary/aromatic N) is 1. The largest absolute Gasteiger partial charge is 0.515 e. The Hall–Kier alpha value is -0.843. The Morgan fingerprint density at radius 3 is 2.27 bits per heavy atom. The predicted octanol–water partition coefficient (Wildman–Crippen LogP) is 2.41. The SMILES string of the molecule is CCC(C)C(=NOC)C(=O)O[Si](C)(C)C. The van der Waals surface area contributed by atoms with Gasteiger partial charge < -0.3 is 9.26 Å². The Kier molecular flexibility index (Phi) is 5.57. The van der Waals surface area contributed by atoms with Crippen LogP contribution in [0.2, 0.25) is 19.6 Å². The lowest BCUT2D eigenvalue weighted by molar-refractivity contribution is -0.128. The van der Waals surface area contributed by atoms with Crippen LogP contribution in [-0.4, -0.2) is 27.1 Å². The summed E-state index contributed by atoms with van der Waals surface area (Å²) in [7, 11) is -0.422. The molecule has 0 saturated heterocycles. The van der Waals surface area contributed by atoms with Gasteiger partial charge in [0.15, 0.2) is 5.71 Å². The van der Waals surface area contributed by atoms with Crippen LogP contribution in [0.15, 0.2) is 5.16 Å². The Morgan fingerprint density at radius 2 is 1.93 bits per heavy atom. The third kappa shape index (κ3) is 5.56. The van der Waals surface area contributed by atoms with Crippen molar-refractivity contribution in [1.82, 2.24) is 0 Å². The Morgan fingerprint density at radius 1 is 1.40 bits per heavy atom. The molecule has 0 amide bonds. The average Bonchev–Trinajstić information content (AvgIpc) is 2.10. The van der Waals surface area contributed by atoms with E-state index in [9.17, 15) is 4.79 Å². The summed E-state index contributed by atoms with van der Waals surface area (Å²) >= 11 is 0. The highest BCUT2D eigenvalue weighted by atomic mass is 28.4. The molecule has 0 aromatic heterocycles. The van der Waals surface area contributed by atoms with Crippen LogP contribution in [0.25, 0.3) is 0 Å². The molecule has 1 unspecified atom stereocenters. The van der Waals surface area contributed by atoms with Crippen molar-refractivity contribution in [3.63, 3.8) is 0 Å². The van der Waals surface area contributed by atoms with Crippen molar-refractivity contribution in [1.29, 1.82) is 0 Å². The van der Waals surface area contributed by atoms with Crippen LogP contribution in [0.5, 0.6) is 0 Å². The van der Waals surface area contributed by atoms with Gasteiger partial charge in [-0.25, -0.2) is 4.79 Å². The van der Waals surface area contributed by atoms with Gasteiger partial charge in [0.1, 0.15) is 7.11 Å². The third-order valence-corrected chi connectivity index (χ3v) is 2.67. The van der Waals surface area contributed by atoms with Crippen LogP contribution >= 0.6 is 0 Å². The van der Waals surface area contributed by atoms with Crippen LogP contribution in [0.1, 0.15) is 20.3 Å². The van der Waals surface area contributed by atoms with Gasteiger partial charge in [0, 0.05) is 5.92 Å². The molecular formula is C10H21NO3Si. The molecule has 0 heterocycles. The number of carbonyl (C=O) groups excluding carboxylic acids is 1. The molecule has 0 fully saturated rings. The van der Waals surface area contributed by atoms with Crippen molar-refractivity contribution in [3.05, 3.63) is 0 Å². The Balaban J connectivity index is 4.66. The molecule has 15 heavy (non-hydrogen) atoms. The monoisotopic (exact) mass is 231 g/mol. The predicted molar refractivity (Wildman–Crippen MR) is 63.3 cm³/mol. The maximum absolute atomic E-state index is 11.8. The second kappa shape index (κ2) is 5.90. The molecule has 0 aromatic rings. The zero-order valence-electron chi connectivity index (χ0n) is 10.5. The van der Waals surface area contributed by atoms with E-state index in [-0.39, 0.29) is 11.9 Å². The molecule has 1 atom stereocenters. The van der Waals surface area contributed by atoms with E-state index in [0.29, 0.717) is 5.71 Å². The molecule has 0 spiro atoms. The quantitative estimate of drug-likeness (QED) is 0.415. The van der Waals surface area contributed by atoms with Gasteiger partial charge in [0.2, 0.25) is 8.32 Å². The minimum atomic E-state index is -1.86. The minimum absolute atomic E-state index is 0.0637. The van der Waals surface area contributed by atoms with Crippen LogP contribution in [0.3, 0.4) is 0 Å². The van der Waals surface area contributed by atoms with Crippen molar-refractivity contribution in [3.8, 4) is 0 Å². The molecule has 0 aliphatic rings. The van der Waals surface area contributed by atoms with Gasteiger partial charge in [-0.3, -0.25) is 0 Å². The summed E-state index contributed by atoms with van der Waals surface area (Å²) in [5, 5.41) is 3.74. The van der Waals surface area contributed by atoms with Gasteiger partial charge in [-0.15, -0.1) is 0 Å². The summed E-state index contributed by atoms with van der Waals surface area (Å²) in [5.41, 5.74) is 0.377. The van der Waals surface area contributed by atoms with Gasteiger partial charge in [0.25, 0.3) is 0 Å². The number of carbonyl (C=O) groups is 1. The summed E-state index contributed by atoms with van der Waals surface area (Å²) in [4.78, 5) is 16.4. The zero-order valence-corrected chi connectivity index (χ0v) is 11.5. The van der Waals surface area contributed by atoms with Crippen LogP contribution < -0.4 is 0 Å². The molecule has 0 bridgehead atoms. The molecule has 0 radical (unpaired) electrons. The van der Waals surface area contributed by atoms with E-state index in [1.165, 1.54) is 7.11 Å². The van der Waals surface area contributed by atoms with Gasteiger partial charge in [0.05, 0.1) is 0 Å². The smallest absolute Gasteiger partial charge is 0.343 e. The normalized spacial score (nSPS) is 14.7. The summed E-state index contributed by atoms with van der Waals surface area (Å²) < 4.78 is 5.36. The standard InChI is InChI=1S/C10H21NO3Si/c1-7-8(2)9(11-13-3)10(12)14-15(4,5)6/h8H,7H2,1-6H3. The van der Waals surface area contributed by atoms with Crippen molar-refractivity contribution in [2.24, 2.45) is 11.1 Å². The van der Waals surface area contributed by atoms with E-state index in [4.69, 9.17) is 4.43 Å². The molecule has 5 heteroatoms. The van der Waals surface area contributed by atoms with E-state index in [0.717, 1.165) is 6.42 Å². The van der Waals surface area contributed by atoms with E-state index in [1.54, 1.807) is 0 Å². The first-order chi connectivity index (χ1) is 6.81. The molecule has 0 rings (SSSR count). The first-order valence-electron chi connectivity index (χ1n) is 5.16. The summed E-state index contributed by atoms with van der Waals surface area (Å²) in [6.07, 6.45) is 0.836. The minimum Gasteiger partial charge on any atom is -0.515 e. The fraction of sp³-hybridized carbons (Fsp3) is 0.800. The zero-order chi connectivity index (χ0) is 12.1. The van der Waals surface area contributed by atoms with Crippen molar-refractivity contribution in [2.75, 3.05) is 7.11 Å². The van der Waals surface area contributed by atoms with E-state index in [2.05, 4.69) is 9.99 Å². The average molecular weight is 231 g/mol. The molecule has 88 valence electrons. The lowest BCUT2D eigenvalue weighted by atomic mass is 10.0. The van der Waals surface area contributed by atoms with E-state index >= 15 is 0 Å². The first-order valence-corrected chi connectivity index (χ1v) is 8.57. The van der Waals surface area contributed by atoms with Crippen LogP contribution in [0.4, 0.5) is 0 Å². The van der Waals surface area contributed by atoms with E-state index in [1.807, 2.05) is 33.5 Å². The van der Waals surface area contributed by atoms with Crippen molar-refractivity contribution in [2.45, 2.75) is 39.9 Å². The summed E-state index contributed by atoms with van der Waals surface area (Å²) in [6, 6.07) is 0. The molecule has 0 aromatic carbocycles. The molecule has 0 saturated carbocycles. The topological polar surface area (TPSA) is 47.9 Å². The Labute approximate surface area is 92.8 Å². The van der Waals surface area contributed by atoms with Crippen molar-refractivity contribution < 1.29 is 14.1 Å². The number of hydrogen-bond donors (Lipinski definition) is 0. The second-order valence-corrected chi connectivity index (χ2v) is 8.90. The molecule has 0 aliphatic carbocycles. The Bertz CT molecular complexity index is 246. The fourth-order valence-corrected chi connectivity index (χ4v) is 1.61. The van der Waals surface area contributed by atoms with Crippen molar-refractivity contribution >= 4 is 20.0 Å². The third-order valence-electron chi connectivity index (χ3n) is 1.88. The maximum Gasteiger partial charge on any atom is 0.343 e. The summed E-state index contributed by atoms with van der Waals surface area (Å²) in [5.74, 6) is -0.279. The summed E-state index contributed by atoms with van der Waals surface area (Å²) in [6.45, 7) is 9.82. The van der Waals surface area contributed by atoms with Gasteiger partial charge >= 0.3 is 5.97 Å². The highest BCUT2D eigenvalue weighted by Crippen LogP contribution is 2.10. The van der Waals surface area contributed by atoms with Gasteiger partial charge in [-0.05, 0) is 26.1 Å². The number of rotatable bonds is 5. The highest BCUT2D eigenvalue weighted by Gasteiger charge is 2.26. The fourth-order valence-electron chi connectivity index (χ4n) is 0.950. The number of hydrogen-bond acceptors (Lipinski definition) is 4. The lowest BCUT2D eigenvalue weighted by Gasteiger charge is -2.19. The first kappa shape index (κ1) is 14.2. The molecule has 4 nitrogen and oxygen atoms in total. The van der Waals surface area contributed by atoms with Gasteiger partial charge in [-0.1, -0.05) is 19.0 Å². The number of oxime groups is 1. The molecule has 0 N–H and O–H groups in total. The molecular weight excluding hydrogens is 210 g/mol. The second-order valence-electron chi connectivity index (χ2n) is 4.47. The lowest BCUT2D eigenvalue weighted by Crippen LogP contribution is -2.35. The van der Waals surface area contributed by atoms with Crippen LogP contribution in [0, 0.1) is 5.92 Å². The molecule has 0 aliphatic heterocycles. The maximum atomic E-state index is 11.8. The highest BCUT2D eigenvalue weighted by molar-refractivity contribution is 6.72.